The number of hydrogen-bond acceptors (Lipinski definition) is 6. The Balaban J connectivity index is 2.09. The molecule has 0 fully saturated rings. The van der Waals surface area contributed by atoms with E-state index in [9.17, 15) is 14.0 Å². The number of benzene rings is 2. The van der Waals surface area contributed by atoms with Crippen LogP contribution in [0.1, 0.15) is 20.7 Å². The van der Waals surface area contributed by atoms with E-state index in [-0.39, 0.29) is 21.3 Å². The molecule has 0 bridgehead atoms. The van der Waals surface area contributed by atoms with Gasteiger partial charge in [-0.25, -0.2) is 14.2 Å². The van der Waals surface area contributed by atoms with Crippen LogP contribution in [-0.4, -0.2) is 31.1 Å². The first-order valence-electron chi connectivity index (χ1n) is 7.27. The van der Waals surface area contributed by atoms with Crippen molar-refractivity contribution in [2.24, 2.45) is 0 Å². The zero-order chi connectivity index (χ0) is 18.8. The summed E-state index contributed by atoms with van der Waals surface area (Å²) in [4.78, 5) is 28.8. The van der Waals surface area contributed by atoms with E-state index in [1.54, 1.807) is 12.1 Å². The largest absolute Gasteiger partial charge is 0.496 e. The fourth-order valence-electron chi connectivity index (χ4n) is 2.45. The highest BCUT2D eigenvalue weighted by atomic mass is 35.5. The van der Waals surface area contributed by atoms with Crippen LogP contribution in [0.3, 0.4) is 0 Å². The van der Waals surface area contributed by atoms with Gasteiger partial charge in [0.2, 0.25) is 0 Å². The minimum atomic E-state index is -0.899. The third-order valence-electron chi connectivity index (χ3n) is 3.59. The van der Waals surface area contributed by atoms with Crippen molar-refractivity contribution >= 4 is 50.7 Å². The molecule has 1 amide bonds. The van der Waals surface area contributed by atoms with Crippen LogP contribution in [0.4, 0.5) is 10.1 Å². The van der Waals surface area contributed by atoms with Gasteiger partial charge in [0.05, 0.1) is 30.1 Å². The fourth-order valence-corrected chi connectivity index (χ4v) is 3.60. The summed E-state index contributed by atoms with van der Waals surface area (Å²) in [6, 6.07) is 7.14. The molecule has 0 aliphatic rings. The molecule has 1 N–H and O–H groups in total. The Morgan fingerprint density at radius 1 is 1.19 bits per heavy atom. The van der Waals surface area contributed by atoms with Gasteiger partial charge in [0.15, 0.2) is 4.47 Å². The van der Waals surface area contributed by atoms with Gasteiger partial charge < -0.3 is 14.8 Å². The minimum Gasteiger partial charge on any atom is -0.496 e. The lowest BCUT2D eigenvalue weighted by molar-refractivity contribution is 0.0597. The van der Waals surface area contributed by atoms with Gasteiger partial charge in [-0.1, -0.05) is 17.7 Å². The number of halogens is 2. The van der Waals surface area contributed by atoms with Crippen molar-refractivity contribution in [3.05, 3.63) is 51.7 Å². The van der Waals surface area contributed by atoms with Crippen LogP contribution in [0.2, 0.25) is 4.47 Å². The molecule has 0 saturated carbocycles. The average molecular weight is 395 g/mol. The molecule has 0 aliphatic heterocycles. The lowest BCUT2D eigenvalue weighted by Gasteiger charge is -2.13. The molecule has 0 atom stereocenters. The molecule has 0 spiro atoms. The van der Waals surface area contributed by atoms with Gasteiger partial charge in [-0.15, -0.1) is 11.3 Å². The fraction of sp³-hybridized carbons (Fsp3) is 0.118. The first kappa shape index (κ1) is 18.1. The molecule has 0 saturated heterocycles. The number of esters is 1. The molecule has 0 radical (unpaired) electrons. The molecule has 0 unspecified atom stereocenters. The summed E-state index contributed by atoms with van der Waals surface area (Å²) in [5.41, 5.74) is 0.334. The molecule has 134 valence electrons. The first-order chi connectivity index (χ1) is 12.5. The normalized spacial score (nSPS) is 10.6. The second-order valence-corrected chi connectivity index (χ2v) is 6.65. The summed E-state index contributed by atoms with van der Waals surface area (Å²) in [6.07, 6.45) is 0. The second kappa shape index (κ2) is 7.27. The van der Waals surface area contributed by atoms with Crippen LogP contribution in [-0.2, 0) is 4.74 Å². The zero-order valence-electron chi connectivity index (χ0n) is 13.6. The summed E-state index contributed by atoms with van der Waals surface area (Å²) in [6.45, 7) is 0. The number of carbonyl (C=O) groups excluding carboxylic acids is 2. The van der Waals surface area contributed by atoms with Gasteiger partial charge in [0.1, 0.15) is 22.7 Å². The molecule has 26 heavy (non-hydrogen) atoms. The topological polar surface area (TPSA) is 77.5 Å². The maximum absolute atomic E-state index is 14.0. The van der Waals surface area contributed by atoms with Crippen molar-refractivity contribution in [1.29, 1.82) is 0 Å². The van der Waals surface area contributed by atoms with Crippen LogP contribution in [0.5, 0.6) is 5.75 Å². The third kappa shape index (κ3) is 3.21. The summed E-state index contributed by atoms with van der Waals surface area (Å²) in [7, 11) is 2.55. The molecule has 6 nitrogen and oxygen atoms in total. The number of anilines is 1. The van der Waals surface area contributed by atoms with E-state index < -0.39 is 17.7 Å². The number of nitrogens with one attached hydrogen (secondary N) is 1. The van der Waals surface area contributed by atoms with E-state index in [1.807, 2.05) is 0 Å². The number of methoxy groups -OCH3 is 2. The number of carbonyl (C=O) groups is 2. The number of nitrogens with zero attached hydrogens (tertiary/aromatic N) is 1. The Labute approximate surface area is 156 Å². The summed E-state index contributed by atoms with van der Waals surface area (Å²) < 4.78 is 24.7. The van der Waals surface area contributed by atoms with Crippen molar-refractivity contribution in [3.63, 3.8) is 0 Å². The van der Waals surface area contributed by atoms with Crippen molar-refractivity contribution in [3.8, 4) is 5.75 Å². The SMILES string of the molecule is COC(=O)c1c(F)cccc1NC(=O)c1c(OC)ccc2nc(Cl)sc12. The van der Waals surface area contributed by atoms with Gasteiger partial charge in [-0.2, -0.15) is 0 Å². The van der Waals surface area contributed by atoms with Crippen molar-refractivity contribution in [2.45, 2.75) is 0 Å². The maximum Gasteiger partial charge on any atom is 0.342 e. The van der Waals surface area contributed by atoms with Crippen molar-refractivity contribution in [2.75, 3.05) is 19.5 Å². The highest BCUT2D eigenvalue weighted by molar-refractivity contribution is 7.22. The highest BCUT2D eigenvalue weighted by Crippen LogP contribution is 2.35. The lowest BCUT2D eigenvalue weighted by Crippen LogP contribution is -2.17. The quantitative estimate of drug-likeness (QED) is 0.673. The number of aromatic nitrogens is 1. The zero-order valence-corrected chi connectivity index (χ0v) is 15.2. The molecule has 3 aromatic rings. The molecule has 9 heteroatoms. The van der Waals surface area contributed by atoms with Crippen LogP contribution in [0, 0.1) is 5.82 Å². The summed E-state index contributed by atoms with van der Waals surface area (Å²) >= 11 is 7.06. The maximum atomic E-state index is 14.0. The Kier molecular flexibility index (Phi) is 5.06. The average Bonchev–Trinajstić information content (AvgIpc) is 3.00. The Morgan fingerprint density at radius 3 is 2.65 bits per heavy atom. The number of fused-ring (bicyclic) bond motifs is 1. The Morgan fingerprint density at radius 2 is 1.96 bits per heavy atom. The van der Waals surface area contributed by atoms with Crippen molar-refractivity contribution in [1.82, 2.24) is 4.98 Å². The number of rotatable bonds is 4. The van der Waals surface area contributed by atoms with Crippen LogP contribution in [0.15, 0.2) is 30.3 Å². The van der Waals surface area contributed by atoms with Gasteiger partial charge in [-0.05, 0) is 24.3 Å². The summed E-state index contributed by atoms with van der Waals surface area (Å²) in [5, 5.41) is 2.54. The number of hydrogen-bond donors (Lipinski definition) is 1. The standard InChI is InChI=1S/C17H12ClFN2O4S/c1-24-11-7-6-10-14(26-17(18)21-10)13(11)15(22)20-9-5-3-4-8(19)12(9)16(23)25-2/h3-7H,1-2H3,(H,20,22). The molecular weight excluding hydrogens is 383 g/mol. The monoisotopic (exact) mass is 394 g/mol. The Hall–Kier alpha value is -2.71. The van der Waals surface area contributed by atoms with Gasteiger partial charge >= 0.3 is 5.97 Å². The first-order valence-corrected chi connectivity index (χ1v) is 8.47. The third-order valence-corrected chi connectivity index (χ3v) is 4.78. The van der Waals surface area contributed by atoms with E-state index in [0.717, 1.165) is 24.5 Å². The van der Waals surface area contributed by atoms with E-state index in [2.05, 4.69) is 15.0 Å². The van der Waals surface area contributed by atoms with Crippen LogP contribution >= 0.6 is 22.9 Å². The van der Waals surface area contributed by atoms with Crippen LogP contribution in [0.25, 0.3) is 10.2 Å². The molecule has 0 aliphatic carbocycles. The van der Waals surface area contributed by atoms with E-state index in [4.69, 9.17) is 16.3 Å². The summed E-state index contributed by atoms with van der Waals surface area (Å²) in [5.74, 6) is -2.00. The van der Waals surface area contributed by atoms with Gasteiger partial charge in [0, 0.05) is 0 Å². The number of thiazole rings is 1. The van der Waals surface area contributed by atoms with Gasteiger partial charge in [0.25, 0.3) is 5.91 Å². The second-order valence-electron chi connectivity index (χ2n) is 5.07. The lowest BCUT2D eigenvalue weighted by atomic mass is 10.1. The van der Waals surface area contributed by atoms with Crippen LogP contribution < -0.4 is 10.1 Å². The van der Waals surface area contributed by atoms with Crippen molar-refractivity contribution < 1.29 is 23.5 Å². The number of ether oxygens (including phenoxy) is 2. The minimum absolute atomic E-state index is 0.0171. The predicted octanol–water partition coefficient (Wildman–Crippen LogP) is 4.14. The van der Waals surface area contributed by atoms with Gasteiger partial charge in [-0.3, -0.25) is 4.79 Å². The van der Waals surface area contributed by atoms with E-state index >= 15 is 0 Å². The molecule has 3 rings (SSSR count). The molecular formula is C17H12ClFN2O4S. The predicted molar refractivity (Wildman–Crippen MR) is 96.9 cm³/mol. The molecule has 1 heterocycles. The number of amides is 1. The smallest absolute Gasteiger partial charge is 0.342 e. The van der Waals surface area contributed by atoms with E-state index in [0.29, 0.717) is 16.0 Å². The molecule has 2 aromatic carbocycles. The Bertz CT molecular complexity index is 1020. The van der Waals surface area contributed by atoms with E-state index in [1.165, 1.54) is 19.2 Å². The molecule has 1 aromatic heterocycles. The highest BCUT2D eigenvalue weighted by Gasteiger charge is 2.23.